The molecular weight excluding hydrogens is 244 g/mol. The van der Waals surface area contributed by atoms with Crippen molar-refractivity contribution in [3.8, 4) is 0 Å². The van der Waals surface area contributed by atoms with Crippen LogP contribution in [-0.2, 0) is 0 Å². The average molecular weight is 260 g/mol. The molecule has 0 bridgehead atoms. The number of pyridine rings is 1. The minimum Gasteiger partial charge on any atom is -0.340 e. The fourth-order valence-corrected chi connectivity index (χ4v) is 2.56. The van der Waals surface area contributed by atoms with Gasteiger partial charge in [-0.05, 0) is 36.4 Å². The normalized spacial score (nSPS) is 14.4. The van der Waals surface area contributed by atoms with Crippen molar-refractivity contribution in [2.45, 2.75) is 18.8 Å². The predicted molar refractivity (Wildman–Crippen MR) is 83.4 cm³/mol. The van der Waals surface area contributed by atoms with Crippen molar-refractivity contribution in [3.05, 3.63) is 66.4 Å². The van der Waals surface area contributed by atoms with Gasteiger partial charge in [-0.2, -0.15) is 0 Å². The summed E-state index contributed by atoms with van der Waals surface area (Å²) in [5, 5.41) is 5.91. The predicted octanol–water partition coefficient (Wildman–Crippen LogP) is 4.86. The number of hydrogen-bond acceptors (Lipinski definition) is 2. The Hall–Kier alpha value is -2.35. The van der Waals surface area contributed by atoms with E-state index < -0.39 is 0 Å². The fraction of sp³-hybridized carbons (Fsp3) is 0.167. The van der Waals surface area contributed by atoms with E-state index in [1.165, 1.54) is 29.3 Å². The van der Waals surface area contributed by atoms with Gasteiger partial charge in [0.1, 0.15) is 5.82 Å². The zero-order valence-corrected chi connectivity index (χ0v) is 11.2. The maximum absolute atomic E-state index is 4.85. The van der Waals surface area contributed by atoms with E-state index in [1.807, 2.05) is 18.2 Å². The quantitative estimate of drug-likeness (QED) is 0.727. The van der Waals surface area contributed by atoms with Crippen LogP contribution in [0.15, 0.2) is 60.7 Å². The maximum atomic E-state index is 4.85. The van der Waals surface area contributed by atoms with E-state index in [0.29, 0.717) is 5.92 Å². The van der Waals surface area contributed by atoms with Gasteiger partial charge < -0.3 is 5.32 Å². The third-order valence-corrected chi connectivity index (χ3v) is 3.79. The molecule has 4 rings (SSSR count). The number of para-hydroxylation sites is 1. The molecule has 1 aliphatic rings. The smallest absolute Gasteiger partial charge is 0.138 e. The van der Waals surface area contributed by atoms with Crippen molar-refractivity contribution in [2.75, 3.05) is 5.32 Å². The van der Waals surface area contributed by atoms with Gasteiger partial charge in [0.2, 0.25) is 0 Å². The van der Waals surface area contributed by atoms with Gasteiger partial charge in [0.05, 0.1) is 0 Å². The van der Waals surface area contributed by atoms with Gasteiger partial charge >= 0.3 is 0 Å². The Morgan fingerprint density at radius 2 is 1.65 bits per heavy atom. The van der Waals surface area contributed by atoms with Crippen LogP contribution in [-0.4, -0.2) is 4.98 Å². The van der Waals surface area contributed by atoms with Crippen LogP contribution in [0, 0.1) is 0 Å². The second kappa shape index (κ2) is 4.64. The van der Waals surface area contributed by atoms with Gasteiger partial charge in [-0.25, -0.2) is 4.98 Å². The number of aromatic nitrogens is 1. The highest BCUT2D eigenvalue weighted by atomic mass is 15.0. The summed E-state index contributed by atoms with van der Waals surface area (Å²) in [6.45, 7) is 0. The SMILES string of the molecule is c1ccc(Nc2nc(C3CC3)cc3ccccc23)cc1. The molecule has 1 N–H and O–H groups in total. The Kier molecular flexibility index (Phi) is 2.66. The second-order valence-corrected chi connectivity index (χ2v) is 5.38. The third-order valence-electron chi connectivity index (χ3n) is 3.79. The Balaban J connectivity index is 1.83. The molecule has 0 unspecified atom stereocenters. The van der Waals surface area contributed by atoms with Crippen LogP contribution in [0.3, 0.4) is 0 Å². The molecule has 0 amide bonds. The van der Waals surface area contributed by atoms with Crippen LogP contribution < -0.4 is 5.32 Å². The topological polar surface area (TPSA) is 24.9 Å². The first-order valence-electron chi connectivity index (χ1n) is 7.12. The number of rotatable bonds is 3. The van der Waals surface area contributed by atoms with Gasteiger partial charge in [-0.3, -0.25) is 0 Å². The van der Waals surface area contributed by atoms with Crippen LogP contribution in [0.4, 0.5) is 11.5 Å². The van der Waals surface area contributed by atoms with E-state index in [0.717, 1.165) is 11.5 Å². The first-order chi connectivity index (χ1) is 9.90. The molecule has 0 atom stereocenters. The first-order valence-corrected chi connectivity index (χ1v) is 7.12. The highest BCUT2D eigenvalue weighted by Crippen LogP contribution is 2.41. The molecule has 0 aliphatic heterocycles. The van der Waals surface area contributed by atoms with Crippen LogP contribution in [0.1, 0.15) is 24.5 Å². The lowest BCUT2D eigenvalue weighted by Gasteiger charge is -2.11. The molecule has 1 aliphatic carbocycles. The lowest BCUT2D eigenvalue weighted by Crippen LogP contribution is -1.97. The molecule has 1 saturated carbocycles. The van der Waals surface area contributed by atoms with E-state index >= 15 is 0 Å². The van der Waals surface area contributed by atoms with Gasteiger partial charge in [-0.15, -0.1) is 0 Å². The van der Waals surface area contributed by atoms with Gasteiger partial charge in [0, 0.05) is 22.7 Å². The zero-order chi connectivity index (χ0) is 13.4. The summed E-state index contributed by atoms with van der Waals surface area (Å²) in [6.07, 6.45) is 2.55. The van der Waals surface area contributed by atoms with Crippen LogP contribution in [0.5, 0.6) is 0 Å². The summed E-state index contributed by atoms with van der Waals surface area (Å²) >= 11 is 0. The Morgan fingerprint density at radius 3 is 2.45 bits per heavy atom. The standard InChI is InChI=1S/C18H16N2/c1-2-7-15(8-3-1)19-18-16-9-5-4-6-14(16)12-17(20-18)13-10-11-13/h1-9,12-13H,10-11H2,(H,19,20). The zero-order valence-electron chi connectivity index (χ0n) is 11.2. The van der Waals surface area contributed by atoms with Crippen molar-refractivity contribution in [3.63, 3.8) is 0 Å². The molecule has 0 radical (unpaired) electrons. The summed E-state index contributed by atoms with van der Waals surface area (Å²) in [6, 6.07) is 20.9. The van der Waals surface area contributed by atoms with Crippen molar-refractivity contribution in [2.24, 2.45) is 0 Å². The highest BCUT2D eigenvalue weighted by molar-refractivity contribution is 5.93. The summed E-state index contributed by atoms with van der Waals surface area (Å²) in [5.74, 6) is 1.63. The Labute approximate surface area is 118 Å². The summed E-state index contributed by atoms with van der Waals surface area (Å²) in [7, 11) is 0. The fourth-order valence-electron chi connectivity index (χ4n) is 2.56. The number of hydrogen-bond donors (Lipinski definition) is 1. The minimum absolute atomic E-state index is 0.663. The van der Waals surface area contributed by atoms with E-state index in [2.05, 4.69) is 47.8 Å². The summed E-state index contributed by atoms with van der Waals surface area (Å²) in [5.41, 5.74) is 2.31. The molecule has 1 heterocycles. The van der Waals surface area contributed by atoms with Crippen LogP contribution >= 0.6 is 0 Å². The monoisotopic (exact) mass is 260 g/mol. The van der Waals surface area contributed by atoms with Crippen molar-refractivity contribution in [1.29, 1.82) is 0 Å². The Morgan fingerprint density at radius 1 is 0.900 bits per heavy atom. The molecule has 2 aromatic carbocycles. The number of benzene rings is 2. The molecule has 20 heavy (non-hydrogen) atoms. The number of anilines is 2. The van der Waals surface area contributed by atoms with E-state index in [4.69, 9.17) is 4.98 Å². The lowest BCUT2D eigenvalue weighted by atomic mass is 10.1. The first kappa shape index (κ1) is 11.5. The van der Waals surface area contributed by atoms with Crippen LogP contribution in [0.2, 0.25) is 0 Å². The molecule has 3 aromatic rings. The molecule has 2 heteroatoms. The molecular formula is C18H16N2. The molecule has 0 spiro atoms. The Bertz CT molecular complexity index is 746. The van der Waals surface area contributed by atoms with Gasteiger partial charge in [0.25, 0.3) is 0 Å². The number of fused-ring (bicyclic) bond motifs is 1. The maximum Gasteiger partial charge on any atom is 0.138 e. The lowest BCUT2D eigenvalue weighted by molar-refractivity contribution is 1.03. The van der Waals surface area contributed by atoms with Gasteiger partial charge in [-0.1, -0.05) is 42.5 Å². The number of nitrogens with zero attached hydrogens (tertiary/aromatic N) is 1. The van der Waals surface area contributed by atoms with E-state index in [9.17, 15) is 0 Å². The van der Waals surface area contributed by atoms with Crippen molar-refractivity contribution < 1.29 is 0 Å². The van der Waals surface area contributed by atoms with Crippen molar-refractivity contribution >= 4 is 22.3 Å². The molecule has 2 nitrogen and oxygen atoms in total. The number of nitrogens with one attached hydrogen (secondary N) is 1. The van der Waals surface area contributed by atoms with E-state index in [-0.39, 0.29) is 0 Å². The highest BCUT2D eigenvalue weighted by Gasteiger charge is 2.25. The van der Waals surface area contributed by atoms with Crippen LogP contribution in [0.25, 0.3) is 10.8 Å². The van der Waals surface area contributed by atoms with E-state index in [1.54, 1.807) is 0 Å². The molecule has 1 aromatic heterocycles. The molecule has 1 fully saturated rings. The average Bonchev–Trinajstić information content (AvgIpc) is 3.33. The third kappa shape index (κ3) is 2.14. The molecule has 98 valence electrons. The largest absolute Gasteiger partial charge is 0.340 e. The summed E-state index contributed by atoms with van der Waals surface area (Å²) < 4.78 is 0. The summed E-state index contributed by atoms with van der Waals surface area (Å²) in [4.78, 5) is 4.85. The second-order valence-electron chi connectivity index (χ2n) is 5.38. The minimum atomic E-state index is 0.663. The molecule has 0 saturated heterocycles. The van der Waals surface area contributed by atoms with Gasteiger partial charge in [0.15, 0.2) is 0 Å². The van der Waals surface area contributed by atoms with Crippen molar-refractivity contribution in [1.82, 2.24) is 4.98 Å².